The van der Waals surface area contributed by atoms with Crippen LogP contribution in [0.3, 0.4) is 0 Å². The largest absolute Gasteiger partial charge is 0.368 e. The van der Waals surface area contributed by atoms with Crippen molar-refractivity contribution in [3.63, 3.8) is 0 Å². The van der Waals surface area contributed by atoms with Crippen molar-refractivity contribution in [3.8, 4) is 0 Å². The fourth-order valence-corrected chi connectivity index (χ4v) is 4.15. The van der Waals surface area contributed by atoms with Crippen LogP contribution in [0.4, 0.5) is 0 Å². The molecule has 0 bridgehead atoms. The maximum absolute atomic E-state index is 12.0. The fourth-order valence-electron chi connectivity index (χ4n) is 4.15. The third kappa shape index (κ3) is 4.78. The Bertz CT molecular complexity index is 597. The van der Waals surface area contributed by atoms with E-state index in [-0.39, 0.29) is 17.9 Å². The monoisotopic (exact) mass is 344 g/mol. The molecule has 1 aromatic rings. The minimum Gasteiger partial charge on any atom is -0.368 e. The number of carbonyl (C=O) groups excluding carboxylic acids is 2. The number of piperidine rings is 2. The maximum Gasteiger partial charge on any atom is 0.237 e. The number of hydrogen-bond donors (Lipinski definition) is 1. The molecule has 3 heterocycles. The highest BCUT2D eigenvalue weighted by Crippen LogP contribution is 2.40. The highest BCUT2D eigenvalue weighted by molar-refractivity contribution is 5.84. The summed E-state index contributed by atoms with van der Waals surface area (Å²) < 4.78 is 0. The molecule has 1 spiro atoms. The van der Waals surface area contributed by atoms with Crippen LogP contribution in [0, 0.1) is 5.41 Å². The Morgan fingerprint density at radius 1 is 1.28 bits per heavy atom. The van der Waals surface area contributed by atoms with Gasteiger partial charge in [0.05, 0.1) is 6.54 Å². The molecule has 0 aromatic carbocycles. The van der Waals surface area contributed by atoms with Gasteiger partial charge in [0.2, 0.25) is 11.8 Å². The molecule has 6 nitrogen and oxygen atoms in total. The number of aryl methyl sites for hydroxylation is 1. The SMILES string of the molecule is NC(=O)CN1CC2(CCC1=O)CCN(CCCc1cccnc1)CC2. The Labute approximate surface area is 149 Å². The van der Waals surface area contributed by atoms with Gasteiger partial charge in [-0.3, -0.25) is 14.6 Å². The molecule has 0 atom stereocenters. The second-order valence-corrected chi connectivity index (χ2v) is 7.52. The van der Waals surface area contributed by atoms with Crippen molar-refractivity contribution in [2.24, 2.45) is 11.1 Å². The van der Waals surface area contributed by atoms with Gasteiger partial charge in [0.15, 0.2) is 0 Å². The molecular weight excluding hydrogens is 316 g/mol. The van der Waals surface area contributed by atoms with E-state index in [1.807, 2.05) is 18.5 Å². The molecule has 136 valence electrons. The summed E-state index contributed by atoms with van der Waals surface area (Å²) in [6.45, 7) is 4.01. The third-order valence-electron chi connectivity index (χ3n) is 5.67. The van der Waals surface area contributed by atoms with E-state index >= 15 is 0 Å². The molecule has 2 aliphatic rings. The van der Waals surface area contributed by atoms with E-state index in [0.29, 0.717) is 13.0 Å². The van der Waals surface area contributed by atoms with Gasteiger partial charge in [-0.1, -0.05) is 6.07 Å². The van der Waals surface area contributed by atoms with E-state index in [1.165, 1.54) is 5.56 Å². The lowest BCUT2D eigenvalue weighted by molar-refractivity contribution is -0.142. The Balaban J connectivity index is 1.44. The quantitative estimate of drug-likeness (QED) is 0.841. The van der Waals surface area contributed by atoms with Crippen molar-refractivity contribution < 1.29 is 9.59 Å². The molecule has 0 aliphatic carbocycles. The van der Waals surface area contributed by atoms with Gasteiger partial charge >= 0.3 is 0 Å². The summed E-state index contributed by atoms with van der Waals surface area (Å²) in [5.74, 6) is -0.346. The van der Waals surface area contributed by atoms with Crippen molar-refractivity contribution >= 4 is 11.8 Å². The molecule has 3 rings (SSSR count). The predicted molar refractivity (Wildman–Crippen MR) is 95.7 cm³/mol. The van der Waals surface area contributed by atoms with Gasteiger partial charge in [0, 0.05) is 25.4 Å². The van der Waals surface area contributed by atoms with Crippen LogP contribution >= 0.6 is 0 Å². The lowest BCUT2D eigenvalue weighted by atomic mass is 9.72. The molecule has 2 fully saturated rings. The summed E-state index contributed by atoms with van der Waals surface area (Å²) in [6.07, 6.45) is 9.66. The number of pyridine rings is 1. The second kappa shape index (κ2) is 7.95. The molecule has 2 aliphatic heterocycles. The molecule has 6 heteroatoms. The minimum absolute atomic E-state index is 0.0649. The van der Waals surface area contributed by atoms with Gasteiger partial charge in [-0.25, -0.2) is 0 Å². The third-order valence-corrected chi connectivity index (χ3v) is 5.67. The maximum atomic E-state index is 12.0. The summed E-state index contributed by atoms with van der Waals surface area (Å²) in [6, 6.07) is 4.12. The molecule has 0 saturated carbocycles. The number of primary amides is 1. The first-order valence-corrected chi connectivity index (χ1v) is 9.24. The van der Waals surface area contributed by atoms with E-state index in [9.17, 15) is 9.59 Å². The van der Waals surface area contributed by atoms with Crippen LogP contribution in [0.2, 0.25) is 0 Å². The summed E-state index contributed by atoms with van der Waals surface area (Å²) >= 11 is 0. The number of nitrogens with zero attached hydrogens (tertiary/aromatic N) is 3. The number of hydrogen-bond acceptors (Lipinski definition) is 4. The molecule has 2 amide bonds. The Morgan fingerprint density at radius 2 is 2.08 bits per heavy atom. The van der Waals surface area contributed by atoms with Crippen LogP contribution in [-0.2, 0) is 16.0 Å². The molecule has 0 unspecified atom stereocenters. The van der Waals surface area contributed by atoms with Crippen LogP contribution in [0.25, 0.3) is 0 Å². The van der Waals surface area contributed by atoms with Gasteiger partial charge in [0.1, 0.15) is 0 Å². The topological polar surface area (TPSA) is 79.5 Å². The van der Waals surface area contributed by atoms with Crippen LogP contribution < -0.4 is 5.73 Å². The van der Waals surface area contributed by atoms with Crippen LogP contribution in [0.5, 0.6) is 0 Å². The van der Waals surface area contributed by atoms with Crippen molar-refractivity contribution in [2.75, 3.05) is 32.7 Å². The number of rotatable bonds is 6. The number of aromatic nitrogens is 1. The van der Waals surface area contributed by atoms with Crippen molar-refractivity contribution in [3.05, 3.63) is 30.1 Å². The smallest absolute Gasteiger partial charge is 0.237 e. The average Bonchev–Trinajstić information content (AvgIpc) is 2.61. The van der Waals surface area contributed by atoms with E-state index in [1.54, 1.807) is 4.90 Å². The number of nitrogens with two attached hydrogens (primary N) is 1. The number of amides is 2. The fraction of sp³-hybridized carbons (Fsp3) is 0.632. The normalized spacial score (nSPS) is 20.8. The van der Waals surface area contributed by atoms with E-state index < -0.39 is 5.91 Å². The average molecular weight is 344 g/mol. The van der Waals surface area contributed by atoms with Gasteiger partial charge in [-0.2, -0.15) is 0 Å². The minimum atomic E-state index is -0.418. The second-order valence-electron chi connectivity index (χ2n) is 7.52. The zero-order valence-electron chi connectivity index (χ0n) is 14.8. The lowest BCUT2D eigenvalue weighted by Gasteiger charge is -2.47. The van der Waals surface area contributed by atoms with Crippen molar-refractivity contribution in [1.82, 2.24) is 14.8 Å². The van der Waals surface area contributed by atoms with Crippen molar-refractivity contribution in [2.45, 2.75) is 38.5 Å². The zero-order chi connectivity index (χ0) is 17.7. The zero-order valence-corrected chi connectivity index (χ0v) is 14.8. The van der Waals surface area contributed by atoms with Crippen LogP contribution in [0.15, 0.2) is 24.5 Å². The van der Waals surface area contributed by atoms with Gasteiger partial charge in [-0.05, 0) is 68.8 Å². The van der Waals surface area contributed by atoms with Gasteiger partial charge in [-0.15, -0.1) is 0 Å². The summed E-state index contributed by atoms with van der Waals surface area (Å²) in [5, 5.41) is 0. The summed E-state index contributed by atoms with van der Waals surface area (Å²) in [5.41, 5.74) is 6.76. The number of likely N-dealkylation sites (tertiary alicyclic amines) is 2. The standard InChI is InChI=1S/C19H28N4O2/c20-17(24)14-23-15-19(6-5-18(23)25)7-11-22(12-8-19)10-2-4-16-3-1-9-21-13-16/h1,3,9,13H,2,4-8,10-12,14-15H2,(H2,20,24). The Hall–Kier alpha value is -1.95. The molecule has 25 heavy (non-hydrogen) atoms. The first-order chi connectivity index (χ1) is 12.1. The molecule has 2 saturated heterocycles. The predicted octanol–water partition coefficient (Wildman–Crippen LogP) is 1.20. The first-order valence-electron chi connectivity index (χ1n) is 9.24. The van der Waals surface area contributed by atoms with E-state index in [0.717, 1.165) is 51.7 Å². The van der Waals surface area contributed by atoms with Crippen LogP contribution in [-0.4, -0.2) is 59.3 Å². The summed E-state index contributed by atoms with van der Waals surface area (Å²) in [4.78, 5) is 31.5. The molecule has 0 radical (unpaired) electrons. The highest BCUT2D eigenvalue weighted by atomic mass is 16.2. The van der Waals surface area contributed by atoms with E-state index in [2.05, 4.69) is 16.0 Å². The highest BCUT2D eigenvalue weighted by Gasteiger charge is 2.41. The number of carbonyl (C=O) groups is 2. The lowest BCUT2D eigenvalue weighted by Crippen LogP contribution is -2.53. The van der Waals surface area contributed by atoms with Gasteiger partial charge < -0.3 is 15.5 Å². The summed E-state index contributed by atoms with van der Waals surface area (Å²) in [7, 11) is 0. The Morgan fingerprint density at radius 3 is 2.76 bits per heavy atom. The molecule has 2 N–H and O–H groups in total. The first kappa shape index (κ1) is 17.9. The Kier molecular flexibility index (Phi) is 5.68. The van der Waals surface area contributed by atoms with Gasteiger partial charge in [0.25, 0.3) is 0 Å². The molecule has 1 aromatic heterocycles. The molecular formula is C19H28N4O2. The van der Waals surface area contributed by atoms with Crippen molar-refractivity contribution in [1.29, 1.82) is 0 Å². The van der Waals surface area contributed by atoms with E-state index in [4.69, 9.17) is 5.73 Å². The van der Waals surface area contributed by atoms with Crippen LogP contribution in [0.1, 0.15) is 37.7 Å².